The summed E-state index contributed by atoms with van der Waals surface area (Å²) in [6.45, 7) is 10.4. The zero-order chi connectivity index (χ0) is 15.9. The summed E-state index contributed by atoms with van der Waals surface area (Å²) >= 11 is 2.48. The first-order chi connectivity index (χ1) is 10.0. The maximum atomic E-state index is 5.84. The molecule has 0 fully saturated rings. The van der Waals surface area contributed by atoms with Gasteiger partial charge in [0.05, 0.1) is 18.6 Å². The summed E-state index contributed by atoms with van der Waals surface area (Å²) in [5.41, 5.74) is 1.41. The predicted octanol–water partition coefficient (Wildman–Crippen LogP) is 5.04. The number of hydrogen-bond acceptors (Lipinski definition) is 0. The van der Waals surface area contributed by atoms with Crippen LogP contribution in [-0.2, 0) is 6.42 Å². The van der Waals surface area contributed by atoms with E-state index in [4.69, 9.17) is 6.42 Å². The van der Waals surface area contributed by atoms with Gasteiger partial charge in [-0.05, 0) is 38.2 Å². The van der Waals surface area contributed by atoms with Gasteiger partial charge in [0.1, 0.15) is 0 Å². The molecule has 2 heteroatoms. The molecular weight excluding hydrogens is 369 g/mol. The van der Waals surface area contributed by atoms with Gasteiger partial charge in [0.15, 0.2) is 0 Å². The lowest BCUT2D eigenvalue weighted by Gasteiger charge is -2.49. The van der Waals surface area contributed by atoms with E-state index in [1.807, 2.05) is 0 Å². The van der Waals surface area contributed by atoms with Crippen molar-refractivity contribution in [1.29, 1.82) is 0 Å². The van der Waals surface area contributed by atoms with Gasteiger partial charge in [-0.1, -0.05) is 44.2 Å². The predicted molar refractivity (Wildman–Crippen MR) is 101 cm³/mol. The van der Waals surface area contributed by atoms with E-state index < -0.39 is 0 Å². The first-order valence-corrected chi connectivity index (χ1v) is 9.28. The van der Waals surface area contributed by atoms with Gasteiger partial charge in [-0.25, -0.2) is 0 Å². The van der Waals surface area contributed by atoms with E-state index in [9.17, 15) is 0 Å². The minimum absolute atomic E-state index is 0.233. The van der Waals surface area contributed by atoms with E-state index in [2.05, 4.69) is 86.5 Å². The summed E-state index contributed by atoms with van der Waals surface area (Å²) in [4.78, 5) is 0. The van der Waals surface area contributed by atoms with Crippen LogP contribution in [0.25, 0.3) is 0 Å². The Kier molecular flexibility index (Phi) is 7.76. The van der Waals surface area contributed by atoms with E-state index in [0.717, 1.165) is 17.4 Å². The summed E-state index contributed by atoms with van der Waals surface area (Å²) < 4.78 is 1.26. The minimum Gasteiger partial charge on any atom is -0.298 e. The van der Waals surface area contributed by atoms with Crippen molar-refractivity contribution in [3.8, 4) is 12.3 Å². The van der Waals surface area contributed by atoms with Crippen LogP contribution in [0.4, 0.5) is 0 Å². The van der Waals surface area contributed by atoms with Crippen LogP contribution in [0.3, 0.4) is 0 Å². The van der Waals surface area contributed by atoms with E-state index in [-0.39, 0.29) is 4.05 Å². The molecular formula is C19H29IN+. The summed E-state index contributed by atoms with van der Waals surface area (Å²) in [5.74, 6) is 3.03. The molecule has 1 aromatic rings. The fourth-order valence-electron chi connectivity index (χ4n) is 3.22. The third kappa shape index (κ3) is 4.23. The molecule has 3 atom stereocenters. The number of benzene rings is 1. The van der Waals surface area contributed by atoms with Crippen LogP contribution in [-0.4, -0.2) is 27.2 Å². The monoisotopic (exact) mass is 398 g/mol. The summed E-state index contributed by atoms with van der Waals surface area (Å²) in [5, 5.41) is 0. The second-order valence-electron chi connectivity index (χ2n) is 5.97. The Morgan fingerprint density at radius 1 is 1.10 bits per heavy atom. The van der Waals surface area contributed by atoms with Crippen LogP contribution in [0, 0.1) is 12.3 Å². The van der Waals surface area contributed by atoms with Gasteiger partial charge in [-0.2, -0.15) is 0 Å². The molecule has 3 unspecified atom stereocenters. The van der Waals surface area contributed by atoms with Crippen LogP contribution < -0.4 is 0 Å². The third-order valence-corrected chi connectivity index (χ3v) is 6.41. The van der Waals surface area contributed by atoms with Crippen LogP contribution in [0.2, 0.25) is 0 Å². The Labute approximate surface area is 144 Å². The second kappa shape index (κ2) is 8.80. The minimum atomic E-state index is 0.233. The summed E-state index contributed by atoms with van der Waals surface area (Å²) in [7, 11) is 0. The molecule has 0 spiro atoms. The average molecular weight is 398 g/mol. The van der Waals surface area contributed by atoms with E-state index in [1.165, 1.54) is 18.4 Å². The fourth-order valence-corrected chi connectivity index (χ4v) is 4.60. The first kappa shape index (κ1) is 18.5. The number of quaternary nitrogens is 1. The molecule has 0 aromatic heterocycles. The largest absolute Gasteiger partial charge is 0.298 e. The Morgan fingerprint density at radius 3 is 2.05 bits per heavy atom. The molecule has 0 N–H and O–H groups in total. The van der Waals surface area contributed by atoms with Gasteiger partial charge >= 0.3 is 0 Å². The third-order valence-electron chi connectivity index (χ3n) is 5.01. The van der Waals surface area contributed by atoms with Crippen molar-refractivity contribution in [1.82, 2.24) is 0 Å². The van der Waals surface area contributed by atoms with E-state index in [1.54, 1.807) is 0 Å². The Balaban J connectivity index is 3.07. The average Bonchev–Trinajstić information content (AvgIpc) is 2.54. The van der Waals surface area contributed by atoms with Crippen LogP contribution >= 0.6 is 22.6 Å². The number of hydrogen-bond donors (Lipinski definition) is 0. The number of rotatable bonds is 8. The molecule has 0 radical (unpaired) electrons. The molecule has 116 valence electrons. The molecule has 0 saturated carbocycles. The molecule has 0 aliphatic carbocycles. The van der Waals surface area contributed by atoms with Gasteiger partial charge in [-0.15, -0.1) is 6.42 Å². The van der Waals surface area contributed by atoms with Crippen LogP contribution in [0.1, 0.15) is 46.1 Å². The highest BCUT2D eigenvalue weighted by atomic mass is 127. The molecule has 1 rings (SSSR count). The van der Waals surface area contributed by atoms with Crippen molar-refractivity contribution in [2.75, 3.05) is 6.54 Å². The van der Waals surface area contributed by atoms with Gasteiger partial charge in [0.25, 0.3) is 0 Å². The number of terminal acetylenes is 1. The van der Waals surface area contributed by atoms with Crippen molar-refractivity contribution in [2.24, 2.45) is 0 Å². The van der Waals surface area contributed by atoms with Crippen molar-refractivity contribution in [2.45, 2.75) is 63.1 Å². The van der Waals surface area contributed by atoms with Gasteiger partial charge in [0.2, 0.25) is 4.05 Å². The Bertz CT molecular complexity index is 438. The SMILES string of the molecule is C#CC(I)[N+](CCc1ccccc1)(C(C)CC)C(C)CC. The van der Waals surface area contributed by atoms with Gasteiger partial charge in [0, 0.05) is 29.0 Å². The van der Waals surface area contributed by atoms with Crippen LogP contribution in [0.15, 0.2) is 30.3 Å². The maximum Gasteiger partial charge on any atom is 0.201 e. The zero-order valence-corrected chi connectivity index (χ0v) is 16.0. The second-order valence-corrected chi connectivity index (χ2v) is 7.15. The summed E-state index contributed by atoms with van der Waals surface area (Å²) in [6.07, 6.45) is 9.27. The lowest BCUT2D eigenvalue weighted by Crippen LogP contribution is -2.63. The highest BCUT2D eigenvalue weighted by molar-refractivity contribution is 14.1. The molecule has 0 saturated heterocycles. The lowest BCUT2D eigenvalue weighted by molar-refractivity contribution is -0.969. The molecule has 1 nitrogen and oxygen atoms in total. The van der Waals surface area contributed by atoms with Gasteiger partial charge < -0.3 is 0 Å². The molecule has 0 amide bonds. The quantitative estimate of drug-likeness (QED) is 0.189. The van der Waals surface area contributed by atoms with Gasteiger partial charge in [-0.3, -0.25) is 4.48 Å². The van der Waals surface area contributed by atoms with Crippen molar-refractivity contribution in [3.63, 3.8) is 0 Å². The molecule has 0 bridgehead atoms. The maximum absolute atomic E-state index is 5.84. The Morgan fingerprint density at radius 2 is 1.62 bits per heavy atom. The highest BCUT2D eigenvalue weighted by Crippen LogP contribution is 2.32. The fraction of sp³-hybridized carbons (Fsp3) is 0.579. The van der Waals surface area contributed by atoms with Crippen molar-refractivity contribution < 1.29 is 4.48 Å². The van der Waals surface area contributed by atoms with E-state index in [0.29, 0.717) is 12.1 Å². The van der Waals surface area contributed by atoms with E-state index >= 15 is 0 Å². The van der Waals surface area contributed by atoms with Crippen molar-refractivity contribution in [3.05, 3.63) is 35.9 Å². The first-order valence-electron chi connectivity index (χ1n) is 8.04. The molecule has 0 aliphatic heterocycles. The zero-order valence-electron chi connectivity index (χ0n) is 13.8. The molecule has 0 heterocycles. The van der Waals surface area contributed by atoms with Crippen molar-refractivity contribution >= 4 is 22.6 Å². The number of nitrogens with zero attached hydrogens (tertiary/aromatic N) is 1. The smallest absolute Gasteiger partial charge is 0.201 e. The lowest BCUT2D eigenvalue weighted by atomic mass is 10.0. The molecule has 1 aromatic carbocycles. The molecule has 0 aliphatic rings. The normalized spacial score (nSPS) is 18.3. The standard InChI is InChI=1S/C19H29IN/c1-6-16(4)21(17(5)7-2,19(20)8-3)15-14-18-12-10-9-11-13-18/h3,9-13,16-17,19H,6-7,14-15H2,1-2,4-5H3/q+1. The number of halogens is 1. The number of alkyl halides is 1. The Hall–Kier alpha value is -0.530. The highest BCUT2D eigenvalue weighted by Gasteiger charge is 2.42. The molecule has 21 heavy (non-hydrogen) atoms. The topological polar surface area (TPSA) is 0 Å². The van der Waals surface area contributed by atoms with Crippen LogP contribution in [0.5, 0.6) is 0 Å². The summed E-state index contributed by atoms with van der Waals surface area (Å²) in [6, 6.07) is 11.9.